The molecule has 2 heterocycles. The van der Waals surface area contributed by atoms with Crippen molar-refractivity contribution in [2.45, 2.75) is 38.1 Å². The fourth-order valence-electron chi connectivity index (χ4n) is 4.47. The van der Waals surface area contributed by atoms with E-state index in [0.717, 1.165) is 15.0 Å². The third-order valence-corrected chi connectivity index (χ3v) is 7.50. The number of aryl methyl sites for hydroxylation is 1. The molecule has 0 amide bonds. The summed E-state index contributed by atoms with van der Waals surface area (Å²) >= 11 is 1.51. The molecule has 1 atom stereocenters. The minimum atomic E-state index is -0.848. The summed E-state index contributed by atoms with van der Waals surface area (Å²) in [6.45, 7) is 2.17. The number of carbonyl (C=O) groups is 1. The molecular formula is C28H24FNO5S. The van der Waals surface area contributed by atoms with Gasteiger partial charge in [0.15, 0.2) is 11.3 Å². The third-order valence-electron chi connectivity index (χ3n) is 6.39. The number of nitrogens with zero attached hydrogens (tertiary/aromatic N) is 1. The standard InChI is InChI=1S/C28H24FNO5S/c1-17-30-28(16-34-17,13-11-26(31)32)12-10-18-2-8-22-24(14-18)36-25-15-21(7-9-23(25)27(22)33)35-20-5-3-19(29)4-6-20/h2-9,14-15H,10-13,16H2,1H3,(H,31,32). The van der Waals surface area contributed by atoms with E-state index in [1.807, 2.05) is 24.3 Å². The number of aliphatic carboxylic acids is 1. The van der Waals surface area contributed by atoms with E-state index in [9.17, 15) is 14.0 Å². The number of carboxylic acid groups (broad SMARTS) is 1. The summed E-state index contributed by atoms with van der Waals surface area (Å²) in [5.74, 6) is 0.477. The molecule has 0 fully saturated rings. The van der Waals surface area contributed by atoms with Crippen molar-refractivity contribution < 1.29 is 23.8 Å². The van der Waals surface area contributed by atoms with E-state index >= 15 is 0 Å². The number of halogens is 1. The average molecular weight is 506 g/mol. The molecule has 1 unspecified atom stereocenters. The van der Waals surface area contributed by atoms with Crippen molar-refractivity contribution in [3.8, 4) is 11.5 Å². The van der Waals surface area contributed by atoms with Crippen molar-refractivity contribution in [3.63, 3.8) is 0 Å². The van der Waals surface area contributed by atoms with Crippen LogP contribution in [-0.2, 0) is 16.0 Å². The second-order valence-electron chi connectivity index (χ2n) is 9.01. The van der Waals surface area contributed by atoms with Crippen molar-refractivity contribution in [3.05, 3.63) is 82.3 Å². The summed E-state index contributed by atoms with van der Waals surface area (Å²) < 4.78 is 26.3. The van der Waals surface area contributed by atoms with Crippen LogP contribution in [0.4, 0.5) is 4.39 Å². The largest absolute Gasteiger partial charge is 0.481 e. The Balaban J connectivity index is 1.42. The van der Waals surface area contributed by atoms with Gasteiger partial charge in [0, 0.05) is 33.5 Å². The molecule has 1 N–H and O–H groups in total. The first-order chi connectivity index (χ1) is 17.3. The summed E-state index contributed by atoms with van der Waals surface area (Å²) in [5, 5.41) is 10.4. The normalized spacial score (nSPS) is 17.2. The van der Waals surface area contributed by atoms with Crippen molar-refractivity contribution >= 4 is 43.4 Å². The van der Waals surface area contributed by atoms with Gasteiger partial charge in [-0.2, -0.15) is 0 Å². The average Bonchev–Trinajstić information content (AvgIpc) is 3.24. The molecule has 36 heavy (non-hydrogen) atoms. The summed E-state index contributed by atoms with van der Waals surface area (Å²) in [4.78, 5) is 28.9. The highest BCUT2D eigenvalue weighted by Gasteiger charge is 2.35. The van der Waals surface area contributed by atoms with Crippen molar-refractivity contribution in [1.29, 1.82) is 0 Å². The molecule has 1 aliphatic heterocycles. The number of ether oxygens (including phenoxy) is 2. The fourth-order valence-corrected chi connectivity index (χ4v) is 5.63. The maximum absolute atomic E-state index is 13.2. The number of hydrogen-bond acceptors (Lipinski definition) is 6. The van der Waals surface area contributed by atoms with Gasteiger partial charge in [-0.15, -0.1) is 11.3 Å². The van der Waals surface area contributed by atoms with Crippen molar-refractivity contribution in [2.24, 2.45) is 4.99 Å². The lowest BCUT2D eigenvalue weighted by atomic mass is 9.88. The van der Waals surface area contributed by atoms with Crippen LogP contribution in [-0.4, -0.2) is 29.1 Å². The van der Waals surface area contributed by atoms with Crippen LogP contribution in [0.3, 0.4) is 0 Å². The van der Waals surface area contributed by atoms with E-state index < -0.39 is 11.5 Å². The van der Waals surface area contributed by atoms with Crippen LogP contribution in [0, 0.1) is 5.82 Å². The topological polar surface area (TPSA) is 85.2 Å². The highest BCUT2D eigenvalue weighted by molar-refractivity contribution is 7.24. The zero-order valence-electron chi connectivity index (χ0n) is 19.6. The Morgan fingerprint density at radius 3 is 2.44 bits per heavy atom. The molecule has 0 spiro atoms. The van der Waals surface area contributed by atoms with Gasteiger partial charge in [0.05, 0.1) is 5.54 Å². The van der Waals surface area contributed by atoms with Crippen LogP contribution in [0.1, 0.15) is 31.7 Å². The Morgan fingerprint density at radius 2 is 1.75 bits per heavy atom. The van der Waals surface area contributed by atoms with Gasteiger partial charge < -0.3 is 14.6 Å². The summed E-state index contributed by atoms with van der Waals surface area (Å²) in [6, 6.07) is 16.9. The molecule has 0 saturated heterocycles. The predicted octanol–water partition coefficient (Wildman–Crippen LogP) is 6.33. The van der Waals surface area contributed by atoms with Crippen LogP contribution in [0.15, 0.2) is 70.5 Å². The van der Waals surface area contributed by atoms with Crippen LogP contribution in [0.25, 0.3) is 20.2 Å². The molecule has 3 aromatic carbocycles. The predicted molar refractivity (Wildman–Crippen MR) is 139 cm³/mol. The van der Waals surface area contributed by atoms with E-state index in [1.165, 1.54) is 23.5 Å². The molecule has 0 bridgehead atoms. The van der Waals surface area contributed by atoms with Gasteiger partial charge in [-0.1, -0.05) is 6.07 Å². The molecule has 1 aromatic heterocycles. The number of benzene rings is 3. The molecule has 184 valence electrons. The Bertz CT molecular complexity index is 1550. The monoisotopic (exact) mass is 505 g/mol. The number of carboxylic acids is 1. The zero-order chi connectivity index (χ0) is 25.3. The van der Waals surface area contributed by atoms with Gasteiger partial charge in [-0.3, -0.25) is 9.59 Å². The van der Waals surface area contributed by atoms with Gasteiger partial charge in [-0.25, -0.2) is 9.38 Å². The van der Waals surface area contributed by atoms with Crippen LogP contribution in [0.5, 0.6) is 11.5 Å². The number of hydrogen-bond donors (Lipinski definition) is 1. The number of aliphatic imine (C=N–C) groups is 1. The smallest absolute Gasteiger partial charge is 0.303 e. The maximum Gasteiger partial charge on any atom is 0.303 e. The molecule has 1 aliphatic rings. The summed E-state index contributed by atoms with van der Waals surface area (Å²) in [7, 11) is 0. The van der Waals surface area contributed by atoms with Gasteiger partial charge in [-0.05, 0) is 79.4 Å². The van der Waals surface area contributed by atoms with Gasteiger partial charge in [0.25, 0.3) is 0 Å². The van der Waals surface area contributed by atoms with E-state index in [2.05, 4.69) is 4.99 Å². The summed E-state index contributed by atoms with van der Waals surface area (Å²) in [6.07, 6.45) is 1.79. The quantitative estimate of drug-likeness (QED) is 0.283. The molecule has 0 saturated carbocycles. The van der Waals surface area contributed by atoms with Gasteiger partial charge >= 0.3 is 5.97 Å². The Labute approximate surface area is 210 Å². The minimum Gasteiger partial charge on any atom is -0.481 e. The van der Waals surface area contributed by atoms with Crippen LogP contribution in [0.2, 0.25) is 0 Å². The first-order valence-electron chi connectivity index (χ1n) is 11.6. The third kappa shape index (κ3) is 5.09. The van der Waals surface area contributed by atoms with Crippen molar-refractivity contribution in [2.75, 3.05) is 6.61 Å². The van der Waals surface area contributed by atoms with Crippen LogP contribution >= 0.6 is 11.3 Å². The van der Waals surface area contributed by atoms with Gasteiger partial charge in [0.1, 0.15) is 23.9 Å². The molecular weight excluding hydrogens is 481 g/mol. The number of fused-ring (bicyclic) bond motifs is 2. The molecule has 8 heteroatoms. The Hall–Kier alpha value is -3.78. The van der Waals surface area contributed by atoms with Crippen molar-refractivity contribution in [1.82, 2.24) is 0 Å². The lowest BCUT2D eigenvalue weighted by Gasteiger charge is -2.23. The second kappa shape index (κ2) is 9.70. The highest BCUT2D eigenvalue weighted by Crippen LogP contribution is 2.33. The molecule has 0 aliphatic carbocycles. The minimum absolute atomic E-state index is 0.0355. The van der Waals surface area contributed by atoms with E-state index in [1.54, 1.807) is 31.2 Å². The fraction of sp³-hybridized carbons (Fsp3) is 0.250. The zero-order valence-corrected chi connectivity index (χ0v) is 20.4. The lowest BCUT2D eigenvalue weighted by Crippen LogP contribution is -2.30. The maximum atomic E-state index is 13.2. The lowest BCUT2D eigenvalue weighted by molar-refractivity contribution is -0.137. The second-order valence-corrected chi connectivity index (χ2v) is 10.1. The SMILES string of the molecule is CC1=NC(CCC(=O)O)(CCc2ccc3c(=O)c4ccc(Oc5ccc(F)cc5)cc4sc3c2)CO1. The number of rotatable bonds is 8. The molecule has 0 radical (unpaired) electrons. The van der Waals surface area contributed by atoms with E-state index in [0.29, 0.717) is 54.0 Å². The van der Waals surface area contributed by atoms with Gasteiger partial charge in [0.2, 0.25) is 0 Å². The molecule has 5 rings (SSSR count). The molecule has 6 nitrogen and oxygen atoms in total. The van der Waals surface area contributed by atoms with E-state index in [-0.39, 0.29) is 17.7 Å². The van der Waals surface area contributed by atoms with Crippen LogP contribution < -0.4 is 10.2 Å². The first kappa shape index (κ1) is 23.9. The summed E-state index contributed by atoms with van der Waals surface area (Å²) in [5.41, 5.74) is 0.465. The highest BCUT2D eigenvalue weighted by atomic mass is 32.1. The Kier molecular flexibility index (Phi) is 6.45. The Morgan fingerprint density at radius 1 is 1.06 bits per heavy atom. The first-order valence-corrected chi connectivity index (χ1v) is 12.5. The molecule has 4 aromatic rings. The van der Waals surface area contributed by atoms with E-state index in [4.69, 9.17) is 14.6 Å².